The van der Waals surface area contributed by atoms with Crippen LogP contribution in [0.15, 0.2) is 57.0 Å². The first-order valence-electron chi connectivity index (χ1n) is 6.26. The van der Waals surface area contributed by atoms with E-state index in [4.69, 9.17) is 0 Å². The average molecular weight is 337 g/mol. The molecule has 0 spiro atoms. The highest BCUT2D eigenvalue weighted by Crippen LogP contribution is 2.31. The number of nitrogens with one attached hydrogen (secondary N) is 1. The van der Waals surface area contributed by atoms with Gasteiger partial charge in [0, 0.05) is 28.2 Å². The lowest BCUT2D eigenvalue weighted by Gasteiger charge is -2.08. The van der Waals surface area contributed by atoms with Crippen LogP contribution in [0.3, 0.4) is 0 Å². The minimum Gasteiger partial charge on any atom is -0.310 e. The third-order valence-electron chi connectivity index (χ3n) is 2.56. The number of halogens is 1. The van der Waals surface area contributed by atoms with Gasteiger partial charge in [0.15, 0.2) is 0 Å². The van der Waals surface area contributed by atoms with Gasteiger partial charge in [0.05, 0.1) is 0 Å². The molecule has 0 radical (unpaired) electrons. The molecular weight excluding hydrogens is 320 g/mol. The van der Waals surface area contributed by atoms with Crippen molar-refractivity contribution in [1.82, 2.24) is 10.3 Å². The normalized spacial score (nSPS) is 10.9. The molecule has 100 valence electrons. The molecule has 0 atom stereocenters. The fourth-order valence-electron chi connectivity index (χ4n) is 1.54. The van der Waals surface area contributed by atoms with E-state index < -0.39 is 0 Å². The van der Waals surface area contributed by atoms with Gasteiger partial charge in [-0.25, -0.2) is 4.98 Å². The summed E-state index contributed by atoms with van der Waals surface area (Å²) in [6, 6.07) is 12.9. The summed E-state index contributed by atoms with van der Waals surface area (Å²) in [7, 11) is 0. The summed E-state index contributed by atoms with van der Waals surface area (Å²) in [6.45, 7) is 5.15. The molecule has 2 rings (SSSR count). The second-order valence-corrected chi connectivity index (χ2v) is 6.49. The number of pyridine rings is 1. The summed E-state index contributed by atoms with van der Waals surface area (Å²) >= 11 is 5.22. The van der Waals surface area contributed by atoms with Crippen LogP contribution in [-0.4, -0.2) is 11.0 Å². The summed E-state index contributed by atoms with van der Waals surface area (Å²) in [6.07, 6.45) is 1.94. The second kappa shape index (κ2) is 7.08. The van der Waals surface area contributed by atoms with E-state index in [1.54, 1.807) is 11.8 Å². The number of benzene rings is 1. The molecule has 2 aromatic rings. The highest BCUT2D eigenvalue weighted by molar-refractivity contribution is 9.10. The first kappa shape index (κ1) is 14.6. The number of aromatic nitrogens is 1. The SMILES string of the molecule is CC(C)NCc1ccc(Sc2ccccc2Br)nc1. The molecule has 0 unspecified atom stereocenters. The highest BCUT2D eigenvalue weighted by Gasteiger charge is 2.03. The van der Waals surface area contributed by atoms with Gasteiger partial charge >= 0.3 is 0 Å². The van der Waals surface area contributed by atoms with E-state index in [0.29, 0.717) is 6.04 Å². The fourth-order valence-corrected chi connectivity index (χ4v) is 2.84. The molecule has 2 nitrogen and oxygen atoms in total. The van der Waals surface area contributed by atoms with Crippen LogP contribution >= 0.6 is 27.7 Å². The molecule has 1 heterocycles. The molecule has 0 fully saturated rings. The fraction of sp³-hybridized carbons (Fsp3) is 0.267. The van der Waals surface area contributed by atoms with E-state index in [2.05, 4.69) is 58.3 Å². The van der Waals surface area contributed by atoms with Crippen molar-refractivity contribution in [1.29, 1.82) is 0 Å². The molecule has 0 saturated heterocycles. The van der Waals surface area contributed by atoms with Crippen LogP contribution in [0.5, 0.6) is 0 Å². The minimum atomic E-state index is 0.495. The van der Waals surface area contributed by atoms with E-state index in [1.807, 2.05) is 24.4 Å². The predicted octanol–water partition coefficient (Wildman–Crippen LogP) is 4.49. The lowest BCUT2D eigenvalue weighted by Crippen LogP contribution is -2.21. The van der Waals surface area contributed by atoms with E-state index in [-0.39, 0.29) is 0 Å². The Hall–Kier alpha value is -0.840. The summed E-state index contributed by atoms with van der Waals surface area (Å²) < 4.78 is 1.10. The number of hydrogen-bond donors (Lipinski definition) is 1. The Morgan fingerprint density at radius 3 is 2.63 bits per heavy atom. The first-order valence-corrected chi connectivity index (χ1v) is 7.87. The number of hydrogen-bond acceptors (Lipinski definition) is 3. The van der Waals surface area contributed by atoms with E-state index in [0.717, 1.165) is 16.0 Å². The highest BCUT2D eigenvalue weighted by atomic mass is 79.9. The van der Waals surface area contributed by atoms with Crippen molar-refractivity contribution in [3.05, 3.63) is 52.6 Å². The maximum atomic E-state index is 4.50. The molecule has 0 aliphatic heterocycles. The molecule has 1 N–H and O–H groups in total. The van der Waals surface area contributed by atoms with Gasteiger partial charge in [0.2, 0.25) is 0 Å². The summed E-state index contributed by atoms with van der Waals surface area (Å²) in [4.78, 5) is 5.68. The Bertz CT molecular complexity index is 526. The van der Waals surface area contributed by atoms with E-state index in [1.165, 1.54) is 10.5 Å². The Balaban J connectivity index is 2.01. The van der Waals surface area contributed by atoms with Crippen LogP contribution in [-0.2, 0) is 6.54 Å². The van der Waals surface area contributed by atoms with Gasteiger partial charge in [0.25, 0.3) is 0 Å². The average Bonchev–Trinajstić information content (AvgIpc) is 2.40. The Morgan fingerprint density at radius 1 is 1.21 bits per heavy atom. The molecule has 1 aromatic carbocycles. The van der Waals surface area contributed by atoms with Gasteiger partial charge in [-0.2, -0.15) is 0 Å². The minimum absolute atomic E-state index is 0.495. The zero-order valence-electron chi connectivity index (χ0n) is 11.1. The molecule has 0 bridgehead atoms. The molecule has 0 saturated carbocycles. The van der Waals surface area contributed by atoms with Gasteiger partial charge in [-0.1, -0.05) is 43.8 Å². The topological polar surface area (TPSA) is 24.9 Å². The zero-order chi connectivity index (χ0) is 13.7. The molecule has 4 heteroatoms. The van der Waals surface area contributed by atoms with Gasteiger partial charge in [-0.15, -0.1) is 0 Å². The van der Waals surface area contributed by atoms with E-state index >= 15 is 0 Å². The van der Waals surface area contributed by atoms with Crippen molar-refractivity contribution in [2.24, 2.45) is 0 Å². The molecule has 0 amide bonds. The predicted molar refractivity (Wildman–Crippen MR) is 84.5 cm³/mol. The molecule has 0 aliphatic rings. The van der Waals surface area contributed by atoms with Crippen molar-refractivity contribution >= 4 is 27.7 Å². The summed E-state index contributed by atoms with van der Waals surface area (Å²) in [5.41, 5.74) is 1.21. The third kappa shape index (κ3) is 4.64. The lowest BCUT2D eigenvalue weighted by atomic mass is 10.2. The van der Waals surface area contributed by atoms with Crippen molar-refractivity contribution in [3.8, 4) is 0 Å². The van der Waals surface area contributed by atoms with Crippen LogP contribution in [0.2, 0.25) is 0 Å². The van der Waals surface area contributed by atoms with Crippen LogP contribution in [0, 0.1) is 0 Å². The third-order valence-corrected chi connectivity index (χ3v) is 4.54. The van der Waals surface area contributed by atoms with E-state index in [9.17, 15) is 0 Å². The number of rotatable bonds is 5. The monoisotopic (exact) mass is 336 g/mol. The molecule has 0 aliphatic carbocycles. The smallest absolute Gasteiger partial charge is 0.101 e. The van der Waals surface area contributed by atoms with Crippen molar-refractivity contribution in [2.75, 3.05) is 0 Å². The summed E-state index contributed by atoms with van der Waals surface area (Å²) in [5, 5.41) is 4.40. The van der Waals surface area contributed by atoms with Crippen LogP contribution in [0.1, 0.15) is 19.4 Å². The number of nitrogens with zero attached hydrogens (tertiary/aromatic N) is 1. The molecule has 19 heavy (non-hydrogen) atoms. The standard InChI is InChI=1S/C15H17BrN2S/c1-11(2)17-9-12-7-8-15(18-10-12)19-14-6-4-3-5-13(14)16/h3-8,10-11,17H,9H2,1-2H3. The van der Waals surface area contributed by atoms with Crippen molar-refractivity contribution in [3.63, 3.8) is 0 Å². The zero-order valence-corrected chi connectivity index (χ0v) is 13.5. The van der Waals surface area contributed by atoms with Gasteiger partial charge in [0.1, 0.15) is 5.03 Å². The Morgan fingerprint density at radius 2 is 2.00 bits per heavy atom. The van der Waals surface area contributed by atoms with Crippen molar-refractivity contribution < 1.29 is 0 Å². The molecule has 1 aromatic heterocycles. The quantitative estimate of drug-likeness (QED) is 0.870. The van der Waals surface area contributed by atoms with Gasteiger partial charge in [-0.05, 0) is 39.7 Å². The second-order valence-electron chi connectivity index (χ2n) is 4.57. The lowest BCUT2D eigenvalue weighted by molar-refractivity contribution is 0.587. The van der Waals surface area contributed by atoms with Crippen LogP contribution in [0.4, 0.5) is 0 Å². The first-order chi connectivity index (χ1) is 9.15. The van der Waals surface area contributed by atoms with Crippen molar-refractivity contribution in [2.45, 2.75) is 36.4 Å². The van der Waals surface area contributed by atoms with Gasteiger partial charge in [-0.3, -0.25) is 0 Å². The van der Waals surface area contributed by atoms with Crippen LogP contribution < -0.4 is 5.32 Å². The summed E-state index contributed by atoms with van der Waals surface area (Å²) in [5.74, 6) is 0. The Labute approximate surface area is 127 Å². The maximum Gasteiger partial charge on any atom is 0.101 e. The largest absolute Gasteiger partial charge is 0.310 e. The maximum absolute atomic E-state index is 4.50. The van der Waals surface area contributed by atoms with Gasteiger partial charge < -0.3 is 5.32 Å². The Kier molecular flexibility index (Phi) is 5.43. The van der Waals surface area contributed by atoms with Crippen LogP contribution in [0.25, 0.3) is 0 Å². The molecular formula is C15H17BrN2S.